The van der Waals surface area contributed by atoms with E-state index in [0.717, 1.165) is 57.8 Å². The monoisotopic (exact) mass is 777 g/mol. The number of hydrogen-bond acceptors (Lipinski definition) is 6. The van der Waals surface area contributed by atoms with Crippen molar-refractivity contribution in [3.05, 3.63) is 12.2 Å². The first-order valence-corrected chi connectivity index (χ1v) is 24.2. The van der Waals surface area contributed by atoms with Crippen LogP contribution in [-0.2, 0) is 28.6 Å². The van der Waals surface area contributed by atoms with Gasteiger partial charge in [0, 0.05) is 19.3 Å². The summed E-state index contributed by atoms with van der Waals surface area (Å²) >= 11 is 0. The first-order chi connectivity index (χ1) is 27.0. The minimum absolute atomic E-state index is 0.0682. The maximum Gasteiger partial charge on any atom is 0.306 e. The fourth-order valence-electron chi connectivity index (χ4n) is 7.08. The number of unbranched alkanes of at least 4 members (excludes halogenated alkanes) is 31. The average molecular weight is 777 g/mol. The summed E-state index contributed by atoms with van der Waals surface area (Å²) in [6.07, 6.45) is 47.8. The van der Waals surface area contributed by atoms with E-state index >= 15 is 0 Å². The fourth-order valence-corrected chi connectivity index (χ4v) is 7.08. The maximum atomic E-state index is 12.7. The Hall–Kier alpha value is -1.85. The number of rotatable bonds is 44. The largest absolute Gasteiger partial charge is 0.462 e. The number of esters is 3. The number of allylic oxidation sites excluding steroid dienone is 2. The van der Waals surface area contributed by atoms with E-state index in [4.69, 9.17) is 14.2 Å². The van der Waals surface area contributed by atoms with Crippen LogP contribution in [-0.4, -0.2) is 37.2 Å². The van der Waals surface area contributed by atoms with Crippen molar-refractivity contribution in [1.29, 1.82) is 0 Å². The molecule has 0 heterocycles. The molecule has 1 unspecified atom stereocenters. The summed E-state index contributed by atoms with van der Waals surface area (Å²) in [6, 6.07) is 0. The lowest BCUT2D eigenvalue weighted by atomic mass is 10.0. The van der Waals surface area contributed by atoms with Crippen molar-refractivity contribution in [1.82, 2.24) is 0 Å². The maximum absolute atomic E-state index is 12.7. The van der Waals surface area contributed by atoms with Crippen LogP contribution in [0.25, 0.3) is 0 Å². The average Bonchev–Trinajstić information content (AvgIpc) is 3.18. The third kappa shape index (κ3) is 43.1. The second-order valence-electron chi connectivity index (χ2n) is 16.4. The normalized spacial score (nSPS) is 12.0. The van der Waals surface area contributed by atoms with Crippen LogP contribution in [0, 0.1) is 0 Å². The smallest absolute Gasteiger partial charge is 0.306 e. The Kier molecular flexibility index (Phi) is 43.4. The van der Waals surface area contributed by atoms with Crippen molar-refractivity contribution in [3.8, 4) is 0 Å². The van der Waals surface area contributed by atoms with Crippen LogP contribution in [0.5, 0.6) is 0 Å². The molecule has 6 heteroatoms. The number of carbonyl (C=O) groups excluding carboxylic acids is 3. The van der Waals surface area contributed by atoms with Crippen LogP contribution in [0.2, 0.25) is 0 Å². The van der Waals surface area contributed by atoms with Crippen molar-refractivity contribution >= 4 is 17.9 Å². The van der Waals surface area contributed by atoms with E-state index in [-0.39, 0.29) is 31.1 Å². The van der Waals surface area contributed by atoms with Crippen molar-refractivity contribution < 1.29 is 28.6 Å². The van der Waals surface area contributed by atoms with Gasteiger partial charge < -0.3 is 14.2 Å². The molecule has 55 heavy (non-hydrogen) atoms. The summed E-state index contributed by atoms with van der Waals surface area (Å²) in [5.41, 5.74) is 0. The molecule has 6 nitrogen and oxygen atoms in total. The topological polar surface area (TPSA) is 78.9 Å². The van der Waals surface area contributed by atoms with Gasteiger partial charge in [-0.1, -0.05) is 213 Å². The van der Waals surface area contributed by atoms with E-state index in [1.807, 2.05) is 0 Å². The van der Waals surface area contributed by atoms with Gasteiger partial charge in [-0.15, -0.1) is 0 Å². The molecule has 324 valence electrons. The molecule has 1 atom stereocenters. The Morgan fingerprint density at radius 2 is 0.600 bits per heavy atom. The molecule has 0 radical (unpaired) electrons. The second-order valence-corrected chi connectivity index (χ2v) is 16.4. The van der Waals surface area contributed by atoms with Crippen LogP contribution in [0.1, 0.15) is 265 Å². The molecular weight excluding hydrogens is 685 g/mol. The lowest BCUT2D eigenvalue weighted by Crippen LogP contribution is -2.30. The van der Waals surface area contributed by atoms with Gasteiger partial charge in [0.2, 0.25) is 0 Å². The van der Waals surface area contributed by atoms with Crippen molar-refractivity contribution in [2.24, 2.45) is 0 Å². The van der Waals surface area contributed by atoms with E-state index in [9.17, 15) is 14.4 Å². The van der Waals surface area contributed by atoms with Crippen LogP contribution >= 0.6 is 0 Å². The highest BCUT2D eigenvalue weighted by atomic mass is 16.6. The number of carbonyl (C=O) groups is 3. The fraction of sp³-hybridized carbons (Fsp3) is 0.898. The minimum Gasteiger partial charge on any atom is -0.462 e. The summed E-state index contributed by atoms with van der Waals surface area (Å²) < 4.78 is 16.7. The van der Waals surface area contributed by atoms with E-state index in [0.29, 0.717) is 19.3 Å². The summed E-state index contributed by atoms with van der Waals surface area (Å²) in [5.74, 6) is -0.871. The molecule has 0 aliphatic rings. The molecule has 0 aromatic heterocycles. The molecule has 0 fully saturated rings. The third-order valence-corrected chi connectivity index (χ3v) is 10.8. The Balaban J connectivity index is 4.19. The third-order valence-electron chi connectivity index (χ3n) is 10.8. The quantitative estimate of drug-likeness (QED) is 0.0265. The molecule has 0 saturated heterocycles. The molecule has 0 bridgehead atoms. The van der Waals surface area contributed by atoms with Crippen LogP contribution in [0.3, 0.4) is 0 Å². The van der Waals surface area contributed by atoms with E-state index in [1.54, 1.807) is 0 Å². The zero-order valence-corrected chi connectivity index (χ0v) is 37.0. The van der Waals surface area contributed by atoms with Gasteiger partial charge in [0.1, 0.15) is 13.2 Å². The Labute approximate surface area is 341 Å². The minimum atomic E-state index is -0.762. The van der Waals surface area contributed by atoms with Crippen LogP contribution in [0.15, 0.2) is 12.2 Å². The zero-order chi connectivity index (χ0) is 40.1. The number of ether oxygens (including phenoxy) is 3. The van der Waals surface area contributed by atoms with Gasteiger partial charge in [-0.05, 0) is 44.9 Å². The molecular formula is C49H92O6. The highest BCUT2D eigenvalue weighted by Crippen LogP contribution is 2.15. The molecule has 0 aromatic carbocycles. The predicted octanol–water partition coefficient (Wildman–Crippen LogP) is 15.4. The second kappa shape index (κ2) is 44.9. The molecule has 0 aromatic rings. The highest BCUT2D eigenvalue weighted by molar-refractivity contribution is 5.71. The molecule has 0 spiro atoms. The Morgan fingerprint density at radius 3 is 0.909 bits per heavy atom. The molecule has 0 amide bonds. The first-order valence-electron chi connectivity index (χ1n) is 24.2. The van der Waals surface area contributed by atoms with E-state index in [1.165, 1.54) is 167 Å². The predicted molar refractivity (Wildman–Crippen MR) is 233 cm³/mol. The summed E-state index contributed by atoms with van der Waals surface area (Å²) in [4.78, 5) is 37.6. The van der Waals surface area contributed by atoms with Crippen LogP contribution in [0.4, 0.5) is 0 Å². The van der Waals surface area contributed by atoms with Gasteiger partial charge in [-0.2, -0.15) is 0 Å². The summed E-state index contributed by atoms with van der Waals surface area (Å²) in [7, 11) is 0. The van der Waals surface area contributed by atoms with Gasteiger partial charge in [-0.25, -0.2) is 0 Å². The lowest BCUT2D eigenvalue weighted by molar-refractivity contribution is -0.167. The zero-order valence-electron chi connectivity index (χ0n) is 37.0. The Bertz CT molecular complexity index is 854. The van der Waals surface area contributed by atoms with Crippen molar-refractivity contribution in [3.63, 3.8) is 0 Å². The van der Waals surface area contributed by atoms with Gasteiger partial charge in [-0.3, -0.25) is 14.4 Å². The van der Waals surface area contributed by atoms with E-state index in [2.05, 4.69) is 32.9 Å². The molecule has 0 aliphatic carbocycles. The SMILES string of the molecule is CCCCCCCCC/C=C\CCCCCCCCCC(=O)OCC(COC(=O)CCCCCCCC)OC(=O)CCCCCCCCCCCCCCC. The molecule has 0 saturated carbocycles. The standard InChI is InChI=1S/C49H92O6/c1-4-7-10-13-16-18-20-22-23-24-25-26-28-29-31-33-36-39-42-48(51)54-45-46(44-53-47(50)41-38-35-15-12-9-6-3)55-49(52)43-40-37-34-32-30-27-21-19-17-14-11-8-5-2/h23-24,46H,4-22,25-45H2,1-3H3/b24-23-. The lowest BCUT2D eigenvalue weighted by Gasteiger charge is -2.18. The summed E-state index contributed by atoms with van der Waals surface area (Å²) in [5, 5.41) is 0. The van der Waals surface area contributed by atoms with Gasteiger partial charge >= 0.3 is 17.9 Å². The van der Waals surface area contributed by atoms with Crippen LogP contribution < -0.4 is 0 Å². The first kappa shape index (κ1) is 53.1. The number of hydrogen-bond donors (Lipinski definition) is 0. The molecule has 0 rings (SSSR count). The van der Waals surface area contributed by atoms with Gasteiger partial charge in [0.05, 0.1) is 0 Å². The highest BCUT2D eigenvalue weighted by Gasteiger charge is 2.19. The summed E-state index contributed by atoms with van der Waals surface area (Å²) in [6.45, 7) is 6.59. The van der Waals surface area contributed by atoms with E-state index < -0.39 is 6.10 Å². The van der Waals surface area contributed by atoms with Crippen molar-refractivity contribution in [2.75, 3.05) is 13.2 Å². The van der Waals surface area contributed by atoms with Gasteiger partial charge in [0.15, 0.2) is 6.10 Å². The van der Waals surface area contributed by atoms with Gasteiger partial charge in [0.25, 0.3) is 0 Å². The molecule has 0 aliphatic heterocycles. The molecule has 0 N–H and O–H groups in total. The Morgan fingerprint density at radius 1 is 0.345 bits per heavy atom. The van der Waals surface area contributed by atoms with Crippen molar-refractivity contribution in [2.45, 2.75) is 271 Å².